The maximum absolute atomic E-state index is 6.25. The monoisotopic (exact) mass is 446 g/mol. The van der Waals surface area contributed by atoms with Gasteiger partial charge in [0, 0.05) is 38.3 Å². The molecule has 5 rings (SSSR count). The number of nitrogens with one attached hydrogen (secondary N) is 1. The highest BCUT2D eigenvalue weighted by Gasteiger charge is 2.20. The number of anilines is 3. The fraction of sp³-hybridized carbons (Fsp3) is 0.400. The van der Waals surface area contributed by atoms with E-state index in [1.54, 1.807) is 0 Å². The van der Waals surface area contributed by atoms with Crippen molar-refractivity contribution >= 4 is 23.6 Å². The van der Waals surface area contributed by atoms with E-state index in [0.717, 1.165) is 61.8 Å². The molecule has 0 radical (unpaired) electrons. The van der Waals surface area contributed by atoms with Gasteiger partial charge < -0.3 is 24.4 Å². The summed E-state index contributed by atoms with van der Waals surface area (Å²) in [6, 6.07) is 8.29. The molecule has 3 heterocycles. The van der Waals surface area contributed by atoms with E-state index < -0.39 is 0 Å². The molecule has 1 aliphatic heterocycles. The molecule has 1 saturated heterocycles. The predicted octanol–water partition coefficient (Wildman–Crippen LogP) is 4.58. The van der Waals surface area contributed by atoms with E-state index in [1.807, 2.05) is 25.1 Å². The van der Waals surface area contributed by atoms with Crippen molar-refractivity contribution in [3.63, 3.8) is 0 Å². The minimum atomic E-state index is 0.311. The zero-order valence-electron chi connectivity index (χ0n) is 19.7. The highest BCUT2D eigenvalue weighted by atomic mass is 16.5. The summed E-state index contributed by atoms with van der Waals surface area (Å²) < 4.78 is 11.7. The van der Waals surface area contributed by atoms with Gasteiger partial charge in [-0.25, -0.2) is 0 Å². The summed E-state index contributed by atoms with van der Waals surface area (Å²) in [7, 11) is 2.14. The fourth-order valence-electron chi connectivity index (χ4n) is 4.31. The van der Waals surface area contributed by atoms with Crippen LogP contribution in [-0.2, 0) is 12.8 Å². The third kappa shape index (κ3) is 4.57. The number of aromatic nitrogens is 3. The first kappa shape index (κ1) is 21.5. The molecule has 1 aromatic carbocycles. The first-order valence-electron chi connectivity index (χ1n) is 11.5. The largest absolute Gasteiger partial charge is 0.424 e. The molecule has 2 aromatic heterocycles. The molecule has 2 aliphatic rings. The third-order valence-corrected chi connectivity index (χ3v) is 6.31. The summed E-state index contributed by atoms with van der Waals surface area (Å²) in [6.45, 7) is 10.1. The van der Waals surface area contributed by atoms with E-state index in [-0.39, 0.29) is 0 Å². The van der Waals surface area contributed by atoms with Crippen LogP contribution in [0.3, 0.4) is 0 Å². The topological polar surface area (TPSA) is 79.5 Å². The van der Waals surface area contributed by atoms with Crippen LogP contribution in [0.25, 0.3) is 6.08 Å². The van der Waals surface area contributed by atoms with E-state index in [9.17, 15) is 0 Å². The second-order valence-corrected chi connectivity index (χ2v) is 8.88. The van der Waals surface area contributed by atoms with Gasteiger partial charge in [0.05, 0.1) is 5.69 Å². The van der Waals surface area contributed by atoms with Gasteiger partial charge in [0.1, 0.15) is 17.4 Å². The summed E-state index contributed by atoms with van der Waals surface area (Å²) in [5.41, 5.74) is 5.94. The van der Waals surface area contributed by atoms with Crippen LogP contribution in [0, 0.1) is 6.92 Å². The van der Waals surface area contributed by atoms with Crippen molar-refractivity contribution in [1.82, 2.24) is 20.0 Å². The maximum Gasteiger partial charge on any atom is 0.325 e. The first-order chi connectivity index (χ1) is 16.0. The van der Waals surface area contributed by atoms with Crippen LogP contribution >= 0.6 is 0 Å². The fourth-order valence-corrected chi connectivity index (χ4v) is 4.31. The Kier molecular flexibility index (Phi) is 5.76. The average Bonchev–Trinajstić information content (AvgIpc) is 3.42. The smallest absolute Gasteiger partial charge is 0.325 e. The number of aryl methyl sites for hydroxylation is 1. The maximum atomic E-state index is 6.25. The van der Waals surface area contributed by atoms with Crippen LogP contribution in [-0.4, -0.2) is 53.3 Å². The molecule has 0 spiro atoms. The first-order valence-corrected chi connectivity index (χ1v) is 11.5. The minimum absolute atomic E-state index is 0.311. The lowest BCUT2D eigenvalue weighted by Gasteiger charge is -2.33. The van der Waals surface area contributed by atoms with Gasteiger partial charge in [-0.3, -0.25) is 0 Å². The number of likely N-dealkylation sites (N-methyl/N-ethyl adjacent to an activating group) is 1. The van der Waals surface area contributed by atoms with Crippen LogP contribution in [0.1, 0.15) is 36.2 Å². The molecule has 1 N–H and O–H groups in total. The highest BCUT2D eigenvalue weighted by Crippen LogP contribution is 2.35. The molecular weight excluding hydrogens is 416 g/mol. The van der Waals surface area contributed by atoms with Crippen molar-refractivity contribution in [3.8, 4) is 11.8 Å². The molecule has 0 atom stereocenters. The second-order valence-electron chi connectivity index (χ2n) is 8.88. The Morgan fingerprint density at radius 1 is 1.09 bits per heavy atom. The molecule has 1 fully saturated rings. The number of allylic oxidation sites excluding steroid dienone is 1. The second kappa shape index (κ2) is 8.86. The molecule has 0 saturated carbocycles. The van der Waals surface area contributed by atoms with Gasteiger partial charge in [0.15, 0.2) is 0 Å². The van der Waals surface area contributed by atoms with Gasteiger partial charge >= 0.3 is 6.01 Å². The van der Waals surface area contributed by atoms with Gasteiger partial charge in [-0.15, -0.1) is 0 Å². The molecule has 0 unspecified atom stereocenters. The molecule has 3 aromatic rings. The lowest BCUT2D eigenvalue weighted by molar-refractivity contribution is 0.311. The van der Waals surface area contributed by atoms with Crippen molar-refractivity contribution in [2.45, 2.75) is 33.6 Å². The zero-order chi connectivity index (χ0) is 22.9. The average molecular weight is 447 g/mol. The van der Waals surface area contributed by atoms with E-state index in [4.69, 9.17) is 14.2 Å². The summed E-state index contributed by atoms with van der Waals surface area (Å²) in [5, 5.41) is 7.29. The molecular formula is C25H30N6O2. The summed E-state index contributed by atoms with van der Waals surface area (Å²) >= 11 is 0. The number of piperazine rings is 1. The Balaban J connectivity index is 1.47. The Labute approximate surface area is 194 Å². The van der Waals surface area contributed by atoms with Crippen molar-refractivity contribution < 1.29 is 9.26 Å². The van der Waals surface area contributed by atoms with E-state index in [2.05, 4.69) is 58.3 Å². The third-order valence-electron chi connectivity index (χ3n) is 6.31. The highest BCUT2D eigenvalue weighted by molar-refractivity contribution is 5.69. The molecule has 8 heteroatoms. The Morgan fingerprint density at radius 3 is 2.67 bits per heavy atom. The van der Waals surface area contributed by atoms with Crippen molar-refractivity contribution in [3.05, 3.63) is 52.2 Å². The molecule has 33 heavy (non-hydrogen) atoms. The summed E-state index contributed by atoms with van der Waals surface area (Å²) in [4.78, 5) is 14.0. The van der Waals surface area contributed by atoms with Gasteiger partial charge in [-0.1, -0.05) is 29.8 Å². The van der Waals surface area contributed by atoms with Crippen LogP contribution in [0.4, 0.5) is 17.5 Å². The normalized spacial score (nSPS) is 16.0. The van der Waals surface area contributed by atoms with Crippen LogP contribution in [0.5, 0.6) is 11.8 Å². The number of hydrogen-bond acceptors (Lipinski definition) is 8. The minimum Gasteiger partial charge on any atom is -0.424 e. The van der Waals surface area contributed by atoms with Crippen LogP contribution in [0.15, 0.2) is 34.4 Å². The molecule has 8 nitrogen and oxygen atoms in total. The Hall–Kier alpha value is -3.39. The molecule has 0 amide bonds. The number of nitrogens with zero attached hydrogens (tertiary/aromatic N) is 5. The summed E-state index contributed by atoms with van der Waals surface area (Å²) in [6.07, 6.45) is 4.04. The van der Waals surface area contributed by atoms with Crippen LogP contribution < -0.4 is 15.0 Å². The van der Waals surface area contributed by atoms with Gasteiger partial charge in [0.2, 0.25) is 5.88 Å². The number of rotatable bonds is 6. The van der Waals surface area contributed by atoms with Gasteiger partial charge in [-0.2, -0.15) is 9.97 Å². The number of hydrogen-bond donors (Lipinski definition) is 1. The number of ether oxygens (including phenoxy) is 1. The molecule has 172 valence electrons. The van der Waals surface area contributed by atoms with Crippen molar-refractivity contribution in [2.75, 3.05) is 43.4 Å². The quantitative estimate of drug-likeness (QED) is 0.589. The SMILES string of the molecule is CCc1cc(Nc2cc(N3CCN(C)CC3)nc(Oc3ccc4c(c3C)C=C(C)C4)n2)on1. The predicted molar refractivity (Wildman–Crippen MR) is 130 cm³/mol. The van der Waals surface area contributed by atoms with Crippen molar-refractivity contribution in [2.24, 2.45) is 0 Å². The van der Waals surface area contributed by atoms with E-state index in [1.165, 1.54) is 16.7 Å². The van der Waals surface area contributed by atoms with Gasteiger partial charge in [0.25, 0.3) is 0 Å². The number of benzene rings is 1. The Morgan fingerprint density at radius 2 is 1.91 bits per heavy atom. The van der Waals surface area contributed by atoms with Crippen LogP contribution in [0.2, 0.25) is 0 Å². The standard InChI is InChI=1S/C25H30N6O2/c1-5-19-14-24(33-29-19)26-22-15-23(31-10-8-30(4)9-11-31)28-25(27-22)32-21-7-6-18-12-16(2)13-20(18)17(21)3/h6-7,13-15H,5,8-12H2,1-4H3,(H,26,27,28). The Bertz CT molecular complexity index is 1190. The zero-order valence-corrected chi connectivity index (χ0v) is 19.7. The van der Waals surface area contributed by atoms with E-state index >= 15 is 0 Å². The van der Waals surface area contributed by atoms with Crippen molar-refractivity contribution in [1.29, 1.82) is 0 Å². The summed E-state index contributed by atoms with van der Waals surface area (Å²) in [5.74, 6) is 2.77. The molecule has 0 bridgehead atoms. The lowest BCUT2D eigenvalue weighted by Crippen LogP contribution is -2.44. The molecule has 1 aliphatic carbocycles. The van der Waals surface area contributed by atoms with E-state index in [0.29, 0.717) is 17.7 Å². The number of fused-ring (bicyclic) bond motifs is 1. The van der Waals surface area contributed by atoms with Gasteiger partial charge in [-0.05, 0) is 56.5 Å². The lowest BCUT2D eigenvalue weighted by atomic mass is 10.0.